The van der Waals surface area contributed by atoms with Crippen LogP contribution >= 0.6 is 0 Å². The van der Waals surface area contributed by atoms with E-state index in [9.17, 15) is 14.4 Å². The molecule has 0 aliphatic carbocycles. The molecule has 0 aliphatic rings. The lowest BCUT2D eigenvalue weighted by atomic mass is 10.0. The molecule has 0 N–H and O–H groups in total. The minimum atomic E-state index is -0.772. The standard InChI is InChI=1S/C71H126O6/c1-4-7-10-13-16-19-22-25-28-29-30-31-32-33-34-35-36-37-38-39-40-41-42-43-44-47-49-52-55-58-61-64-70(73)76-67-68(77-71(74)65-62-59-56-53-50-46-27-24-21-18-15-12-9-6-3)66-75-69(72)63-60-57-54-51-48-45-26-23-20-17-14-11-8-5-2/h7,10,16,19,25,28,30-31,33-34,36-37,68H,4-6,8-9,11-15,17-18,20-24,26-27,29,32,35,38-67H2,1-3H3/b10-7-,19-16-,28-25-,31-30-,34-33-,37-36-. The number of rotatable bonds is 61. The molecule has 6 heteroatoms. The van der Waals surface area contributed by atoms with E-state index >= 15 is 0 Å². The first-order valence-electron chi connectivity index (χ1n) is 33.4. The molecule has 0 radical (unpaired) electrons. The number of esters is 3. The Hall–Kier alpha value is -3.15. The highest BCUT2D eigenvalue weighted by molar-refractivity contribution is 5.71. The molecule has 1 atom stereocenters. The molecule has 0 bridgehead atoms. The molecular formula is C71H126O6. The van der Waals surface area contributed by atoms with Crippen LogP contribution in [0.2, 0.25) is 0 Å². The van der Waals surface area contributed by atoms with Gasteiger partial charge in [-0.3, -0.25) is 14.4 Å². The number of unbranched alkanes of at least 4 members (excludes halogenated alkanes) is 38. The van der Waals surface area contributed by atoms with E-state index in [0.29, 0.717) is 19.3 Å². The Morgan fingerprint density at radius 2 is 0.506 bits per heavy atom. The molecule has 0 saturated heterocycles. The number of carbonyl (C=O) groups excluding carboxylic acids is 3. The number of hydrogen-bond acceptors (Lipinski definition) is 6. The van der Waals surface area contributed by atoms with Crippen LogP contribution in [0.5, 0.6) is 0 Å². The van der Waals surface area contributed by atoms with Crippen LogP contribution in [-0.2, 0) is 28.6 Å². The maximum Gasteiger partial charge on any atom is 0.306 e. The summed E-state index contributed by atoms with van der Waals surface area (Å²) in [6, 6.07) is 0. The van der Waals surface area contributed by atoms with Gasteiger partial charge in [-0.2, -0.15) is 0 Å². The molecule has 1 unspecified atom stereocenters. The average molecular weight is 1080 g/mol. The minimum Gasteiger partial charge on any atom is -0.462 e. The molecule has 0 heterocycles. The molecule has 0 spiro atoms. The second kappa shape index (κ2) is 65.4. The highest BCUT2D eigenvalue weighted by Gasteiger charge is 2.19. The van der Waals surface area contributed by atoms with Crippen LogP contribution in [0.25, 0.3) is 0 Å². The second-order valence-corrected chi connectivity index (χ2v) is 22.4. The Morgan fingerprint density at radius 3 is 0.792 bits per heavy atom. The fourth-order valence-corrected chi connectivity index (χ4v) is 9.74. The van der Waals surface area contributed by atoms with Crippen LogP contribution in [0.4, 0.5) is 0 Å². The third-order valence-corrected chi connectivity index (χ3v) is 14.7. The van der Waals surface area contributed by atoms with Crippen LogP contribution in [0.1, 0.15) is 342 Å². The Kier molecular flexibility index (Phi) is 62.7. The predicted molar refractivity (Wildman–Crippen MR) is 335 cm³/mol. The lowest BCUT2D eigenvalue weighted by Gasteiger charge is -2.18. The number of ether oxygens (including phenoxy) is 3. The summed E-state index contributed by atoms with van der Waals surface area (Å²) in [6.07, 6.45) is 84.9. The lowest BCUT2D eigenvalue weighted by molar-refractivity contribution is -0.167. The smallest absolute Gasteiger partial charge is 0.306 e. The van der Waals surface area contributed by atoms with Crippen LogP contribution in [-0.4, -0.2) is 37.2 Å². The van der Waals surface area contributed by atoms with E-state index in [2.05, 4.69) is 93.7 Å². The molecule has 0 aromatic heterocycles. The van der Waals surface area contributed by atoms with Crippen LogP contribution in [0, 0.1) is 0 Å². The van der Waals surface area contributed by atoms with Crippen molar-refractivity contribution in [3.05, 3.63) is 72.9 Å². The summed E-state index contributed by atoms with van der Waals surface area (Å²) in [5.74, 6) is -0.850. The van der Waals surface area contributed by atoms with Crippen molar-refractivity contribution >= 4 is 17.9 Å². The summed E-state index contributed by atoms with van der Waals surface area (Å²) < 4.78 is 16.9. The van der Waals surface area contributed by atoms with Gasteiger partial charge in [0.2, 0.25) is 0 Å². The molecule has 446 valence electrons. The number of carbonyl (C=O) groups is 3. The van der Waals surface area contributed by atoms with E-state index in [1.54, 1.807) is 0 Å². The SMILES string of the molecule is CC/C=C\C/C=C\C/C=C\C/C=C\C/C=C\C/C=C\CCCCCCCCCCCCCCC(=O)OCC(COC(=O)CCCCCCCCCCCCCCCC)OC(=O)CCCCCCCCCCCCCCCC. The first kappa shape index (κ1) is 73.8. The Labute approximate surface area is 478 Å². The van der Waals surface area contributed by atoms with Crippen LogP contribution < -0.4 is 0 Å². The van der Waals surface area contributed by atoms with Crippen molar-refractivity contribution in [1.29, 1.82) is 0 Å². The van der Waals surface area contributed by atoms with Crippen molar-refractivity contribution in [1.82, 2.24) is 0 Å². The molecule has 0 fully saturated rings. The van der Waals surface area contributed by atoms with Gasteiger partial charge in [-0.15, -0.1) is 0 Å². The zero-order valence-corrected chi connectivity index (χ0v) is 51.2. The lowest BCUT2D eigenvalue weighted by Crippen LogP contribution is -2.30. The van der Waals surface area contributed by atoms with Crippen molar-refractivity contribution in [2.45, 2.75) is 348 Å². The van der Waals surface area contributed by atoms with Crippen LogP contribution in [0.3, 0.4) is 0 Å². The van der Waals surface area contributed by atoms with Gasteiger partial charge in [0.1, 0.15) is 13.2 Å². The topological polar surface area (TPSA) is 78.9 Å². The molecule has 0 rings (SSSR count). The minimum absolute atomic E-state index is 0.0692. The maximum absolute atomic E-state index is 12.9. The summed E-state index contributed by atoms with van der Waals surface area (Å²) in [5.41, 5.74) is 0. The molecule has 0 aromatic carbocycles. The van der Waals surface area contributed by atoms with Gasteiger partial charge >= 0.3 is 17.9 Å². The van der Waals surface area contributed by atoms with Crippen molar-refractivity contribution in [2.24, 2.45) is 0 Å². The van der Waals surface area contributed by atoms with Crippen molar-refractivity contribution < 1.29 is 28.6 Å². The molecule has 0 amide bonds. The van der Waals surface area contributed by atoms with Gasteiger partial charge in [-0.05, 0) is 70.6 Å². The monoisotopic (exact) mass is 1070 g/mol. The molecule has 0 aliphatic heterocycles. The van der Waals surface area contributed by atoms with E-state index in [1.807, 2.05) is 0 Å². The fraction of sp³-hybridized carbons (Fsp3) is 0.789. The van der Waals surface area contributed by atoms with E-state index in [-0.39, 0.29) is 31.1 Å². The zero-order valence-electron chi connectivity index (χ0n) is 51.2. The second-order valence-electron chi connectivity index (χ2n) is 22.4. The van der Waals surface area contributed by atoms with Gasteiger partial charge in [0.15, 0.2) is 6.10 Å². The Bertz CT molecular complexity index is 1420. The van der Waals surface area contributed by atoms with Gasteiger partial charge in [0, 0.05) is 19.3 Å². The summed E-state index contributed by atoms with van der Waals surface area (Å²) >= 11 is 0. The average Bonchev–Trinajstić information content (AvgIpc) is 3.43. The number of allylic oxidation sites excluding steroid dienone is 12. The van der Waals surface area contributed by atoms with Gasteiger partial charge in [0.05, 0.1) is 0 Å². The third-order valence-electron chi connectivity index (χ3n) is 14.7. The Morgan fingerprint density at radius 1 is 0.273 bits per heavy atom. The van der Waals surface area contributed by atoms with E-state index < -0.39 is 6.10 Å². The molecule has 6 nitrogen and oxygen atoms in total. The predicted octanol–water partition coefficient (Wildman–Crippen LogP) is 22.9. The summed E-state index contributed by atoms with van der Waals surface area (Å²) in [7, 11) is 0. The highest BCUT2D eigenvalue weighted by atomic mass is 16.6. The summed E-state index contributed by atoms with van der Waals surface area (Å²) in [4.78, 5) is 38.3. The van der Waals surface area contributed by atoms with E-state index in [4.69, 9.17) is 14.2 Å². The molecule has 0 saturated carbocycles. The largest absolute Gasteiger partial charge is 0.462 e. The van der Waals surface area contributed by atoms with Crippen molar-refractivity contribution in [3.63, 3.8) is 0 Å². The maximum atomic E-state index is 12.9. The Balaban J connectivity index is 4.19. The normalized spacial score (nSPS) is 12.5. The molecule has 0 aromatic rings. The van der Waals surface area contributed by atoms with Crippen LogP contribution in [0.15, 0.2) is 72.9 Å². The zero-order chi connectivity index (χ0) is 55.7. The first-order chi connectivity index (χ1) is 38.0. The third kappa shape index (κ3) is 63.6. The van der Waals surface area contributed by atoms with E-state index in [0.717, 1.165) is 96.3 Å². The quantitative estimate of drug-likeness (QED) is 0.0261. The first-order valence-corrected chi connectivity index (χ1v) is 33.4. The van der Waals surface area contributed by atoms with Gasteiger partial charge in [-0.1, -0.05) is 325 Å². The van der Waals surface area contributed by atoms with Crippen molar-refractivity contribution in [3.8, 4) is 0 Å². The van der Waals surface area contributed by atoms with E-state index in [1.165, 1.54) is 205 Å². The molecule has 77 heavy (non-hydrogen) atoms. The summed E-state index contributed by atoms with van der Waals surface area (Å²) in [6.45, 7) is 6.57. The van der Waals surface area contributed by atoms with Gasteiger partial charge < -0.3 is 14.2 Å². The highest BCUT2D eigenvalue weighted by Crippen LogP contribution is 2.17. The van der Waals surface area contributed by atoms with Gasteiger partial charge in [0.25, 0.3) is 0 Å². The fourth-order valence-electron chi connectivity index (χ4n) is 9.74. The summed E-state index contributed by atoms with van der Waals surface area (Å²) in [5, 5.41) is 0. The van der Waals surface area contributed by atoms with Gasteiger partial charge in [-0.25, -0.2) is 0 Å². The number of hydrogen-bond donors (Lipinski definition) is 0. The molecular weight excluding hydrogens is 949 g/mol. The van der Waals surface area contributed by atoms with Crippen molar-refractivity contribution in [2.75, 3.05) is 13.2 Å².